The zero-order chi connectivity index (χ0) is 22.5. The molecule has 0 fully saturated rings. The first kappa shape index (κ1) is 20.6. The Hall–Kier alpha value is -3.26. The molecule has 0 saturated carbocycles. The van der Waals surface area contributed by atoms with Crippen molar-refractivity contribution in [3.8, 4) is 5.69 Å². The third-order valence-electron chi connectivity index (χ3n) is 5.81. The van der Waals surface area contributed by atoms with Crippen LogP contribution >= 0.6 is 11.8 Å². The molecule has 0 bridgehead atoms. The molecule has 0 atom stereocenters. The Morgan fingerprint density at radius 1 is 1.12 bits per heavy atom. The van der Waals surface area contributed by atoms with Gasteiger partial charge in [0.25, 0.3) is 0 Å². The van der Waals surface area contributed by atoms with E-state index in [-0.39, 0.29) is 11.2 Å². The highest BCUT2D eigenvalue weighted by Crippen LogP contribution is 2.40. The summed E-state index contributed by atoms with van der Waals surface area (Å²) in [5, 5.41) is 5.62. The Morgan fingerprint density at radius 2 is 1.97 bits per heavy atom. The molecule has 3 aromatic heterocycles. The van der Waals surface area contributed by atoms with E-state index in [0.29, 0.717) is 18.0 Å². The summed E-state index contributed by atoms with van der Waals surface area (Å²) in [5.41, 5.74) is 11.2. The quantitative estimate of drug-likeness (QED) is 0.461. The zero-order valence-corrected chi connectivity index (χ0v) is 19.1. The fourth-order valence-corrected chi connectivity index (χ4v) is 5.46. The largest absolute Gasteiger partial charge is 0.383 e. The van der Waals surface area contributed by atoms with Gasteiger partial charge >= 0.3 is 0 Å². The number of carbonyl (C=O) groups excluding carboxylic acids is 1. The number of nitrogens with two attached hydrogens (primary N) is 1. The molecular weight excluding hydrogens is 420 g/mol. The highest BCUT2D eigenvalue weighted by atomic mass is 32.2. The summed E-state index contributed by atoms with van der Waals surface area (Å²) in [7, 11) is 0. The SMILES string of the molecule is Cc1nn(-c2ccc3c(N)ncnc3c2SCc2ccccn2)c2c1C(=O)CC(C)(C)C2. The molecule has 0 radical (unpaired) electrons. The van der Waals surface area contributed by atoms with Crippen molar-refractivity contribution in [3.63, 3.8) is 0 Å². The predicted molar refractivity (Wildman–Crippen MR) is 126 cm³/mol. The number of thioether (sulfide) groups is 1. The fourth-order valence-electron chi connectivity index (χ4n) is 4.39. The monoisotopic (exact) mass is 444 g/mol. The summed E-state index contributed by atoms with van der Waals surface area (Å²) in [5.74, 6) is 1.27. The summed E-state index contributed by atoms with van der Waals surface area (Å²) >= 11 is 1.64. The number of rotatable bonds is 4. The number of aromatic nitrogens is 5. The number of anilines is 1. The lowest BCUT2D eigenvalue weighted by Gasteiger charge is -2.29. The van der Waals surface area contributed by atoms with Crippen LogP contribution in [0.5, 0.6) is 0 Å². The standard InChI is InChI=1S/C24H24N6OS/c1-14-20-18(10-24(2,3)11-19(20)31)30(29-14)17-8-7-16-21(27-13-28-23(16)25)22(17)32-12-15-6-4-5-9-26-15/h4-9,13H,10-12H2,1-3H3,(H2,25,27,28). The van der Waals surface area contributed by atoms with Gasteiger partial charge < -0.3 is 5.73 Å². The molecule has 2 N–H and O–H groups in total. The number of Topliss-reactive ketones (excluding diaryl/α,β-unsaturated/α-hetero) is 1. The number of ketones is 1. The van der Waals surface area contributed by atoms with E-state index in [2.05, 4.69) is 28.8 Å². The minimum absolute atomic E-state index is 0.112. The van der Waals surface area contributed by atoms with E-state index in [1.54, 1.807) is 18.0 Å². The Morgan fingerprint density at radius 3 is 2.75 bits per heavy atom. The number of nitrogen functional groups attached to an aromatic ring is 1. The first-order valence-electron chi connectivity index (χ1n) is 10.5. The number of hydrogen-bond donors (Lipinski definition) is 1. The molecule has 7 nitrogen and oxygen atoms in total. The normalized spacial score (nSPS) is 15.2. The summed E-state index contributed by atoms with van der Waals surface area (Å²) < 4.78 is 1.93. The third-order valence-corrected chi connectivity index (χ3v) is 6.94. The molecule has 0 saturated heterocycles. The molecule has 0 amide bonds. The number of nitrogens with zero attached hydrogens (tertiary/aromatic N) is 5. The van der Waals surface area contributed by atoms with Crippen molar-refractivity contribution in [3.05, 3.63) is 65.5 Å². The van der Waals surface area contributed by atoms with Gasteiger partial charge in [0.2, 0.25) is 0 Å². The van der Waals surface area contributed by atoms with Crippen LogP contribution < -0.4 is 5.73 Å². The molecular formula is C24H24N6OS. The van der Waals surface area contributed by atoms with Crippen molar-refractivity contribution in [2.75, 3.05) is 5.73 Å². The van der Waals surface area contributed by atoms with E-state index in [1.807, 2.05) is 41.9 Å². The van der Waals surface area contributed by atoms with Crippen LogP contribution in [-0.2, 0) is 12.2 Å². The Labute approximate surface area is 190 Å². The highest BCUT2D eigenvalue weighted by Gasteiger charge is 2.36. The van der Waals surface area contributed by atoms with Crippen LogP contribution in [-0.4, -0.2) is 30.5 Å². The molecule has 162 valence electrons. The maximum Gasteiger partial charge on any atom is 0.167 e. The average molecular weight is 445 g/mol. The van der Waals surface area contributed by atoms with Gasteiger partial charge in [-0.05, 0) is 43.0 Å². The predicted octanol–water partition coefficient (Wildman–Crippen LogP) is 4.55. The maximum absolute atomic E-state index is 12.9. The molecule has 3 heterocycles. The van der Waals surface area contributed by atoms with E-state index in [0.717, 1.165) is 50.6 Å². The minimum atomic E-state index is -0.112. The van der Waals surface area contributed by atoms with Crippen LogP contribution in [0.1, 0.15) is 47.7 Å². The average Bonchev–Trinajstić information content (AvgIpc) is 3.08. The second kappa shape index (κ2) is 7.70. The molecule has 32 heavy (non-hydrogen) atoms. The number of fused-ring (bicyclic) bond motifs is 2. The smallest absolute Gasteiger partial charge is 0.167 e. The van der Waals surface area contributed by atoms with Gasteiger partial charge in [0.1, 0.15) is 12.1 Å². The van der Waals surface area contributed by atoms with Gasteiger partial charge in [-0.1, -0.05) is 19.9 Å². The minimum Gasteiger partial charge on any atom is -0.383 e. The summed E-state index contributed by atoms with van der Waals surface area (Å²) in [6, 6.07) is 9.82. The fraction of sp³-hybridized carbons (Fsp3) is 0.292. The van der Waals surface area contributed by atoms with Crippen molar-refractivity contribution in [1.29, 1.82) is 0 Å². The lowest BCUT2D eigenvalue weighted by atomic mass is 9.75. The lowest BCUT2D eigenvalue weighted by molar-refractivity contribution is 0.0910. The Kier molecular flexibility index (Phi) is 4.97. The number of benzene rings is 1. The van der Waals surface area contributed by atoms with Crippen LogP contribution in [0.15, 0.2) is 47.8 Å². The van der Waals surface area contributed by atoms with Gasteiger partial charge in [-0.25, -0.2) is 14.6 Å². The highest BCUT2D eigenvalue weighted by molar-refractivity contribution is 7.98. The van der Waals surface area contributed by atoms with Crippen LogP contribution in [0.3, 0.4) is 0 Å². The number of aryl methyl sites for hydroxylation is 1. The van der Waals surface area contributed by atoms with Gasteiger partial charge in [-0.2, -0.15) is 5.10 Å². The van der Waals surface area contributed by atoms with Gasteiger partial charge in [-0.15, -0.1) is 11.8 Å². The van der Waals surface area contributed by atoms with E-state index in [1.165, 1.54) is 6.33 Å². The lowest BCUT2D eigenvalue weighted by Crippen LogP contribution is -2.28. The molecule has 4 aromatic rings. The molecule has 0 aliphatic heterocycles. The zero-order valence-electron chi connectivity index (χ0n) is 18.3. The molecule has 8 heteroatoms. The molecule has 0 unspecified atom stereocenters. The molecule has 5 rings (SSSR count). The number of hydrogen-bond acceptors (Lipinski definition) is 7. The number of carbonyl (C=O) groups is 1. The second-order valence-electron chi connectivity index (χ2n) is 8.94. The topological polar surface area (TPSA) is 99.6 Å². The van der Waals surface area contributed by atoms with Crippen LogP contribution in [0, 0.1) is 12.3 Å². The van der Waals surface area contributed by atoms with Crippen LogP contribution in [0.4, 0.5) is 5.82 Å². The van der Waals surface area contributed by atoms with Gasteiger partial charge in [0, 0.05) is 23.8 Å². The van der Waals surface area contributed by atoms with Crippen molar-refractivity contribution in [1.82, 2.24) is 24.7 Å². The van der Waals surface area contributed by atoms with E-state index >= 15 is 0 Å². The molecule has 1 aliphatic carbocycles. The van der Waals surface area contributed by atoms with E-state index < -0.39 is 0 Å². The Balaban J connectivity index is 1.70. The Bertz CT molecular complexity index is 1350. The summed E-state index contributed by atoms with van der Waals surface area (Å²) in [6.45, 7) is 6.17. The third kappa shape index (κ3) is 3.54. The van der Waals surface area contributed by atoms with Crippen molar-refractivity contribution < 1.29 is 4.79 Å². The summed E-state index contributed by atoms with van der Waals surface area (Å²) in [4.78, 5) is 27.0. The maximum atomic E-state index is 12.9. The van der Waals surface area contributed by atoms with Crippen molar-refractivity contribution in [2.45, 2.75) is 44.3 Å². The van der Waals surface area contributed by atoms with Crippen molar-refractivity contribution in [2.24, 2.45) is 5.41 Å². The van der Waals surface area contributed by atoms with Gasteiger partial charge in [0.05, 0.1) is 38.7 Å². The van der Waals surface area contributed by atoms with Crippen LogP contribution in [0.25, 0.3) is 16.6 Å². The molecule has 1 aliphatic rings. The van der Waals surface area contributed by atoms with Gasteiger partial charge in [-0.3, -0.25) is 9.78 Å². The van der Waals surface area contributed by atoms with E-state index in [9.17, 15) is 4.79 Å². The van der Waals surface area contributed by atoms with Crippen molar-refractivity contribution >= 4 is 34.3 Å². The van der Waals surface area contributed by atoms with E-state index in [4.69, 9.17) is 10.8 Å². The first-order valence-corrected chi connectivity index (χ1v) is 11.5. The summed E-state index contributed by atoms with van der Waals surface area (Å²) in [6.07, 6.45) is 4.60. The van der Waals surface area contributed by atoms with Gasteiger partial charge in [0.15, 0.2) is 5.78 Å². The first-order chi connectivity index (χ1) is 15.3. The second-order valence-corrected chi connectivity index (χ2v) is 9.92. The molecule has 0 spiro atoms. The van der Waals surface area contributed by atoms with Crippen LogP contribution in [0.2, 0.25) is 0 Å². The number of pyridine rings is 1. The molecule has 1 aromatic carbocycles.